The fourth-order valence-corrected chi connectivity index (χ4v) is 3.07. The van der Waals surface area contributed by atoms with E-state index in [1.807, 2.05) is 53.4 Å². The second kappa shape index (κ2) is 9.25. The number of imidazole rings is 1. The van der Waals surface area contributed by atoms with Gasteiger partial charge >= 0.3 is 0 Å². The maximum atomic E-state index is 12.7. The van der Waals surface area contributed by atoms with Gasteiger partial charge in [-0.2, -0.15) is 0 Å². The third kappa shape index (κ3) is 4.90. The number of benzene rings is 2. The average Bonchev–Trinajstić information content (AvgIpc) is 3.17. The number of nitrogens with zero attached hydrogens (tertiary/aromatic N) is 2. The standard InChI is InChI=1S/C20H21N3O3S/c1-25-11-12-26-18-8-4-6-16(14-18)22-19(24)15-5-3-7-17(13-15)23-10-9-21-20(23)27-2/h3-10,13-14H,11-12H2,1-2H3,(H,22,24). The van der Waals surface area contributed by atoms with Crippen molar-refractivity contribution < 1.29 is 14.3 Å². The molecule has 3 rings (SSSR count). The Kier molecular flexibility index (Phi) is 6.51. The zero-order valence-electron chi connectivity index (χ0n) is 15.2. The maximum Gasteiger partial charge on any atom is 0.255 e. The van der Waals surface area contributed by atoms with Gasteiger partial charge in [-0.1, -0.05) is 23.9 Å². The van der Waals surface area contributed by atoms with Gasteiger partial charge in [0.2, 0.25) is 0 Å². The molecule has 1 heterocycles. The Balaban J connectivity index is 1.73. The molecular weight excluding hydrogens is 362 g/mol. The van der Waals surface area contributed by atoms with Crippen molar-refractivity contribution >= 4 is 23.4 Å². The summed E-state index contributed by atoms with van der Waals surface area (Å²) in [6.45, 7) is 0.967. The molecule has 140 valence electrons. The van der Waals surface area contributed by atoms with Crippen LogP contribution in [0.2, 0.25) is 0 Å². The molecule has 0 aliphatic heterocycles. The summed E-state index contributed by atoms with van der Waals surface area (Å²) in [5.74, 6) is 0.498. The summed E-state index contributed by atoms with van der Waals surface area (Å²) in [6.07, 6.45) is 5.59. The number of amides is 1. The zero-order valence-corrected chi connectivity index (χ0v) is 16.0. The second-order valence-electron chi connectivity index (χ2n) is 5.66. The largest absolute Gasteiger partial charge is 0.491 e. The van der Waals surface area contributed by atoms with Crippen LogP contribution in [-0.2, 0) is 4.74 Å². The number of anilines is 1. The molecule has 2 aromatic carbocycles. The molecule has 0 aliphatic rings. The normalized spacial score (nSPS) is 10.6. The molecule has 0 spiro atoms. The number of carbonyl (C=O) groups is 1. The SMILES string of the molecule is COCCOc1cccc(NC(=O)c2cccc(-n3ccnc3SC)c2)c1. The fraction of sp³-hybridized carbons (Fsp3) is 0.200. The van der Waals surface area contributed by atoms with Gasteiger partial charge in [0.25, 0.3) is 5.91 Å². The number of nitrogens with one attached hydrogen (secondary N) is 1. The summed E-state index contributed by atoms with van der Waals surface area (Å²) in [5, 5.41) is 3.78. The highest BCUT2D eigenvalue weighted by Crippen LogP contribution is 2.21. The molecular formula is C20H21N3O3S. The molecule has 0 fully saturated rings. The average molecular weight is 383 g/mol. The molecule has 0 saturated heterocycles. The topological polar surface area (TPSA) is 65.4 Å². The summed E-state index contributed by atoms with van der Waals surface area (Å²) < 4.78 is 12.5. The van der Waals surface area contributed by atoms with Crippen LogP contribution in [0.4, 0.5) is 5.69 Å². The van der Waals surface area contributed by atoms with Crippen LogP contribution in [0, 0.1) is 0 Å². The van der Waals surface area contributed by atoms with Gasteiger partial charge in [-0.3, -0.25) is 9.36 Å². The van der Waals surface area contributed by atoms with Crippen LogP contribution >= 0.6 is 11.8 Å². The number of thioether (sulfide) groups is 1. The Hall–Kier alpha value is -2.77. The highest BCUT2D eigenvalue weighted by atomic mass is 32.2. The monoisotopic (exact) mass is 383 g/mol. The van der Waals surface area contributed by atoms with E-state index in [4.69, 9.17) is 9.47 Å². The first-order valence-electron chi connectivity index (χ1n) is 8.42. The van der Waals surface area contributed by atoms with Gasteiger partial charge in [0.05, 0.1) is 6.61 Å². The molecule has 0 radical (unpaired) electrons. The van der Waals surface area contributed by atoms with E-state index < -0.39 is 0 Å². The first-order chi connectivity index (χ1) is 13.2. The zero-order chi connectivity index (χ0) is 19.1. The van der Waals surface area contributed by atoms with Crippen molar-refractivity contribution in [1.29, 1.82) is 0 Å². The summed E-state index contributed by atoms with van der Waals surface area (Å²) in [6, 6.07) is 14.7. The molecule has 1 amide bonds. The second-order valence-corrected chi connectivity index (χ2v) is 6.43. The fourth-order valence-electron chi connectivity index (χ4n) is 2.54. The molecule has 3 aromatic rings. The van der Waals surface area contributed by atoms with Gasteiger partial charge in [0.1, 0.15) is 12.4 Å². The van der Waals surface area contributed by atoms with Crippen LogP contribution in [0.25, 0.3) is 5.69 Å². The van der Waals surface area contributed by atoms with E-state index in [1.54, 1.807) is 37.2 Å². The summed E-state index contributed by atoms with van der Waals surface area (Å²) in [5.41, 5.74) is 2.13. The van der Waals surface area contributed by atoms with E-state index in [-0.39, 0.29) is 5.91 Å². The molecule has 0 atom stereocenters. The van der Waals surface area contributed by atoms with Gasteiger partial charge < -0.3 is 14.8 Å². The van der Waals surface area contributed by atoms with Crippen molar-refractivity contribution in [2.45, 2.75) is 5.16 Å². The van der Waals surface area contributed by atoms with Gasteiger partial charge in [-0.15, -0.1) is 0 Å². The summed E-state index contributed by atoms with van der Waals surface area (Å²) in [4.78, 5) is 17.0. The minimum absolute atomic E-state index is 0.184. The van der Waals surface area contributed by atoms with E-state index in [9.17, 15) is 4.79 Å². The van der Waals surface area contributed by atoms with Crippen LogP contribution in [0.1, 0.15) is 10.4 Å². The highest BCUT2D eigenvalue weighted by Gasteiger charge is 2.10. The first kappa shape index (κ1) is 19.0. The van der Waals surface area contributed by atoms with Crippen molar-refractivity contribution in [2.24, 2.45) is 0 Å². The summed E-state index contributed by atoms with van der Waals surface area (Å²) >= 11 is 1.55. The molecule has 0 unspecified atom stereocenters. The first-order valence-corrected chi connectivity index (χ1v) is 9.64. The third-order valence-electron chi connectivity index (χ3n) is 3.82. The van der Waals surface area contributed by atoms with Gasteiger partial charge in [0.15, 0.2) is 5.16 Å². The van der Waals surface area contributed by atoms with Crippen LogP contribution in [-0.4, -0.2) is 42.0 Å². The number of hydrogen-bond acceptors (Lipinski definition) is 5. The molecule has 0 bridgehead atoms. The Morgan fingerprint density at radius 3 is 2.85 bits per heavy atom. The third-order valence-corrected chi connectivity index (χ3v) is 4.49. The lowest BCUT2D eigenvalue weighted by Crippen LogP contribution is -2.12. The maximum absolute atomic E-state index is 12.7. The highest BCUT2D eigenvalue weighted by molar-refractivity contribution is 7.98. The Bertz CT molecular complexity index is 911. The molecule has 1 aromatic heterocycles. The lowest BCUT2D eigenvalue weighted by molar-refractivity contribution is 0.102. The van der Waals surface area contributed by atoms with Gasteiger partial charge in [0, 0.05) is 42.5 Å². The number of rotatable bonds is 8. The number of carbonyl (C=O) groups excluding carboxylic acids is 1. The number of aromatic nitrogens is 2. The number of hydrogen-bond donors (Lipinski definition) is 1. The van der Waals surface area contributed by atoms with Crippen molar-refractivity contribution in [3.05, 3.63) is 66.5 Å². The molecule has 1 N–H and O–H groups in total. The van der Waals surface area contributed by atoms with E-state index in [1.165, 1.54) is 0 Å². The molecule has 0 saturated carbocycles. The minimum Gasteiger partial charge on any atom is -0.491 e. The van der Waals surface area contributed by atoms with Crippen LogP contribution in [0.5, 0.6) is 5.75 Å². The predicted octanol–water partition coefficient (Wildman–Crippen LogP) is 3.87. The van der Waals surface area contributed by atoms with Crippen molar-refractivity contribution in [1.82, 2.24) is 9.55 Å². The Morgan fingerprint density at radius 1 is 1.19 bits per heavy atom. The molecule has 0 aliphatic carbocycles. The van der Waals surface area contributed by atoms with E-state index in [0.717, 1.165) is 10.8 Å². The van der Waals surface area contributed by atoms with Crippen LogP contribution in [0.15, 0.2) is 66.1 Å². The molecule has 7 heteroatoms. The molecule has 6 nitrogen and oxygen atoms in total. The van der Waals surface area contributed by atoms with Crippen molar-refractivity contribution in [3.8, 4) is 11.4 Å². The van der Waals surface area contributed by atoms with Gasteiger partial charge in [-0.25, -0.2) is 4.98 Å². The van der Waals surface area contributed by atoms with Gasteiger partial charge in [-0.05, 0) is 36.6 Å². The Labute approximate surface area is 162 Å². The van der Waals surface area contributed by atoms with Crippen molar-refractivity contribution in [2.75, 3.05) is 31.9 Å². The predicted molar refractivity (Wildman–Crippen MR) is 107 cm³/mol. The van der Waals surface area contributed by atoms with Crippen molar-refractivity contribution in [3.63, 3.8) is 0 Å². The van der Waals surface area contributed by atoms with E-state index in [2.05, 4.69) is 10.3 Å². The number of methoxy groups -OCH3 is 1. The van der Waals surface area contributed by atoms with E-state index >= 15 is 0 Å². The lowest BCUT2D eigenvalue weighted by atomic mass is 10.2. The summed E-state index contributed by atoms with van der Waals surface area (Å²) in [7, 11) is 1.63. The van der Waals surface area contributed by atoms with E-state index in [0.29, 0.717) is 30.2 Å². The quantitative estimate of drug-likeness (QED) is 0.472. The number of ether oxygens (including phenoxy) is 2. The smallest absolute Gasteiger partial charge is 0.255 e. The molecule has 27 heavy (non-hydrogen) atoms. The Morgan fingerprint density at radius 2 is 2.04 bits per heavy atom. The van der Waals surface area contributed by atoms with Crippen LogP contribution < -0.4 is 10.1 Å². The minimum atomic E-state index is -0.184. The van der Waals surface area contributed by atoms with Crippen LogP contribution in [0.3, 0.4) is 0 Å². The lowest BCUT2D eigenvalue weighted by Gasteiger charge is -2.10.